The largest absolute Gasteiger partial charge is 0.313 e. The van der Waals surface area contributed by atoms with Crippen LogP contribution in [-0.2, 0) is 0 Å². The molecule has 1 rings (SSSR count). The van der Waals surface area contributed by atoms with Crippen LogP contribution in [-0.4, -0.2) is 12.0 Å². The molecule has 1 N–H and O–H groups in total. The fourth-order valence-corrected chi connectivity index (χ4v) is 1.35. The molecule has 0 unspecified atom stereocenters. The standard InChI is InChI=1S/C10H16N2/c1-3-5-10(11-2)9-6-4-7-12-8-9/h4,6-8,10-11H,3,5H2,1-2H3/t10-/m0/s1. The van der Waals surface area contributed by atoms with Crippen LogP contribution >= 0.6 is 0 Å². The van der Waals surface area contributed by atoms with Gasteiger partial charge in [0.2, 0.25) is 0 Å². The zero-order valence-electron chi connectivity index (χ0n) is 7.75. The zero-order valence-corrected chi connectivity index (χ0v) is 7.75. The van der Waals surface area contributed by atoms with Crippen LogP contribution in [0.15, 0.2) is 24.5 Å². The minimum Gasteiger partial charge on any atom is -0.313 e. The maximum absolute atomic E-state index is 4.10. The van der Waals surface area contributed by atoms with Gasteiger partial charge in [0.15, 0.2) is 0 Å². The number of hydrogen-bond acceptors (Lipinski definition) is 2. The molecule has 0 aliphatic heterocycles. The van der Waals surface area contributed by atoms with Gasteiger partial charge in [-0.1, -0.05) is 19.4 Å². The van der Waals surface area contributed by atoms with E-state index in [1.807, 2.05) is 25.5 Å². The third kappa shape index (κ3) is 2.31. The van der Waals surface area contributed by atoms with Crippen molar-refractivity contribution in [1.82, 2.24) is 10.3 Å². The lowest BCUT2D eigenvalue weighted by atomic mass is 10.1. The van der Waals surface area contributed by atoms with E-state index in [0.717, 1.165) is 0 Å². The first-order chi connectivity index (χ1) is 5.88. The molecule has 0 saturated carbocycles. The summed E-state index contributed by atoms with van der Waals surface area (Å²) in [6.45, 7) is 2.20. The van der Waals surface area contributed by atoms with Gasteiger partial charge in [-0.25, -0.2) is 0 Å². The van der Waals surface area contributed by atoms with Gasteiger partial charge in [-0.2, -0.15) is 0 Å². The van der Waals surface area contributed by atoms with Gasteiger partial charge >= 0.3 is 0 Å². The normalized spacial score (nSPS) is 12.8. The van der Waals surface area contributed by atoms with Gasteiger partial charge in [-0.15, -0.1) is 0 Å². The van der Waals surface area contributed by atoms with E-state index < -0.39 is 0 Å². The molecule has 1 aromatic rings. The average molecular weight is 164 g/mol. The smallest absolute Gasteiger partial charge is 0.0332 e. The van der Waals surface area contributed by atoms with Crippen molar-refractivity contribution in [3.63, 3.8) is 0 Å². The summed E-state index contributed by atoms with van der Waals surface area (Å²) in [5, 5.41) is 3.28. The van der Waals surface area contributed by atoms with Crippen LogP contribution in [0, 0.1) is 0 Å². The van der Waals surface area contributed by atoms with Gasteiger partial charge in [0, 0.05) is 18.4 Å². The molecule has 2 heteroatoms. The maximum Gasteiger partial charge on any atom is 0.0332 e. The number of nitrogens with zero attached hydrogens (tertiary/aromatic N) is 1. The van der Waals surface area contributed by atoms with Crippen molar-refractivity contribution in [2.45, 2.75) is 25.8 Å². The quantitative estimate of drug-likeness (QED) is 0.737. The summed E-state index contributed by atoms with van der Waals surface area (Å²) in [5.74, 6) is 0. The van der Waals surface area contributed by atoms with Gasteiger partial charge in [0.25, 0.3) is 0 Å². The lowest BCUT2D eigenvalue weighted by Gasteiger charge is -2.14. The first kappa shape index (κ1) is 9.20. The maximum atomic E-state index is 4.10. The van der Waals surface area contributed by atoms with Crippen molar-refractivity contribution >= 4 is 0 Å². The Morgan fingerprint density at radius 2 is 2.42 bits per heavy atom. The Hall–Kier alpha value is -0.890. The van der Waals surface area contributed by atoms with Crippen LogP contribution < -0.4 is 5.32 Å². The molecule has 0 aromatic carbocycles. The molecule has 0 aliphatic carbocycles. The van der Waals surface area contributed by atoms with E-state index in [-0.39, 0.29) is 0 Å². The summed E-state index contributed by atoms with van der Waals surface area (Å²) in [6.07, 6.45) is 6.10. The number of rotatable bonds is 4. The van der Waals surface area contributed by atoms with Crippen molar-refractivity contribution in [3.8, 4) is 0 Å². The second-order valence-electron chi connectivity index (χ2n) is 2.92. The number of hydrogen-bond donors (Lipinski definition) is 1. The number of aromatic nitrogens is 1. The Bertz CT molecular complexity index is 208. The average Bonchev–Trinajstić information content (AvgIpc) is 2.15. The third-order valence-corrected chi connectivity index (χ3v) is 2.01. The summed E-state index contributed by atoms with van der Waals surface area (Å²) < 4.78 is 0. The molecular formula is C10H16N2. The van der Waals surface area contributed by atoms with Crippen LogP contribution in [0.5, 0.6) is 0 Å². The van der Waals surface area contributed by atoms with E-state index in [1.54, 1.807) is 0 Å². The molecule has 0 spiro atoms. The highest BCUT2D eigenvalue weighted by atomic mass is 14.9. The summed E-state index contributed by atoms with van der Waals surface area (Å²) in [4.78, 5) is 4.10. The van der Waals surface area contributed by atoms with E-state index >= 15 is 0 Å². The first-order valence-electron chi connectivity index (χ1n) is 4.45. The van der Waals surface area contributed by atoms with E-state index in [9.17, 15) is 0 Å². The highest BCUT2D eigenvalue weighted by molar-refractivity contribution is 5.13. The highest BCUT2D eigenvalue weighted by Gasteiger charge is 2.06. The van der Waals surface area contributed by atoms with Crippen LogP contribution in [0.2, 0.25) is 0 Å². The summed E-state index contributed by atoms with van der Waals surface area (Å²) in [6, 6.07) is 4.56. The van der Waals surface area contributed by atoms with Gasteiger partial charge in [-0.05, 0) is 25.1 Å². The zero-order chi connectivity index (χ0) is 8.81. The summed E-state index contributed by atoms with van der Waals surface area (Å²) >= 11 is 0. The lowest BCUT2D eigenvalue weighted by molar-refractivity contribution is 0.540. The molecule has 66 valence electrons. The predicted octanol–water partition coefficient (Wildman–Crippen LogP) is 2.14. The Labute approximate surface area is 74.0 Å². The van der Waals surface area contributed by atoms with Crippen molar-refractivity contribution in [2.75, 3.05) is 7.05 Å². The van der Waals surface area contributed by atoms with Crippen molar-refractivity contribution < 1.29 is 0 Å². The van der Waals surface area contributed by atoms with Gasteiger partial charge in [0.05, 0.1) is 0 Å². The Kier molecular flexibility index (Phi) is 3.74. The summed E-state index contributed by atoms with van der Waals surface area (Å²) in [5.41, 5.74) is 1.28. The van der Waals surface area contributed by atoms with Crippen LogP contribution in [0.1, 0.15) is 31.4 Å². The third-order valence-electron chi connectivity index (χ3n) is 2.01. The molecule has 2 nitrogen and oxygen atoms in total. The van der Waals surface area contributed by atoms with Gasteiger partial charge in [0.1, 0.15) is 0 Å². The monoisotopic (exact) mass is 164 g/mol. The molecule has 12 heavy (non-hydrogen) atoms. The Morgan fingerprint density at radius 1 is 1.58 bits per heavy atom. The fraction of sp³-hybridized carbons (Fsp3) is 0.500. The SMILES string of the molecule is CCC[C@H](NC)c1cccnc1. The lowest BCUT2D eigenvalue weighted by Crippen LogP contribution is -2.15. The molecular weight excluding hydrogens is 148 g/mol. The predicted molar refractivity (Wildman–Crippen MR) is 50.9 cm³/mol. The molecule has 1 atom stereocenters. The molecule has 1 aromatic heterocycles. The molecule has 1 heterocycles. The van der Waals surface area contributed by atoms with E-state index in [1.165, 1.54) is 18.4 Å². The van der Waals surface area contributed by atoms with Gasteiger partial charge < -0.3 is 5.32 Å². The molecule has 0 radical (unpaired) electrons. The van der Waals surface area contributed by atoms with Crippen molar-refractivity contribution in [1.29, 1.82) is 0 Å². The van der Waals surface area contributed by atoms with E-state index in [0.29, 0.717) is 6.04 Å². The molecule has 0 amide bonds. The number of nitrogens with one attached hydrogen (secondary N) is 1. The van der Waals surface area contributed by atoms with Gasteiger partial charge in [-0.3, -0.25) is 4.98 Å². The first-order valence-corrected chi connectivity index (χ1v) is 4.45. The molecule has 0 bridgehead atoms. The second kappa shape index (κ2) is 4.88. The minimum atomic E-state index is 0.462. The van der Waals surface area contributed by atoms with E-state index in [2.05, 4.69) is 23.3 Å². The topological polar surface area (TPSA) is 24.9 Å². The highest BCUT2D eigenvalue weighted by Crippen LogP contribution is 2.15. The minimum absolute atomic E-state index is 0.462. The fourth-order valence-electron chi connectivity index (χ4n) is 1.35. The Morgan fingerprint density at radius 3 is 2.92 bits per heavy atom. The van der Waals surface area contributed by atoms with Crippen LogP contribution in [0.25, 0.3) is 0 Å². The molecule has 0 fully saturated rings. The van der Waals surface area contributed by atoms with Crippen LogP contribution in [0.4, 0.5) is 0 Å². The second-order valence-corrected chi connectivity index (χ2v) is 2.92. The molecule has 0 saturated heterocycles. The van der Waals surface area contributed by atoms with Crippen LogP contribution in [0.3, 0.4) is 0 Å². The number of pyridine rings is 1. The summed E-state index contributed by atoms with van der Waals surface area (Å²) in [7, 11) is 1.99. The van der Waals surface area contributed by atoms with Crippen molar-refractivity contribution in [3.05, 3.63) is 30.1 Å². The Balaban J connectivity index is 2.66. The molecule has 0 aliphatic rings. The van der Waals surface area contributed by atoms with Crippen molar-refractivity contribution in [2.24, 2.45) is 0 Å². The van der Waals surface area contributed by atoms with E-state index in [4.69, 9.17) is 0 Å².